The highest BCUT2D eigenvalue weighted by Crippen LogP contribution is 2.30. The summed E-state index contributed by atoms with van der Waals surface area (Å²) in [6.45, 7) is -0.137. The predicted molar refractivity (Wildman–Crippen MR) is 83.8 cm³/mol. The molecule has 1 fully saturated rings. The number of primary amides is 1. The van der Waals surface area contributed by atoms with E-state index in [9.17, 15) is 18.4 Å². The van der Waals surface area contributed by atoms with Crippen LogP contribution in [0.4, 0.5) is 8.78 Å². The Morgan fingerprint density at radius 3 is 2.84 bits per heavy atom. The Kier molecular flexibility index (Phi) is 4.15. The van der Waals surface area contributed by atoms with Crippen molar-refractivity contribution in [3.8, 4) is 11.6 Å². The zero-order valence-electron chi connectivity index (χ0n) is 13.2. The first-order chi connectivity index (χ1) is 11.8. The minimum Gasteiger partial charge on any atom is -0.489 e. The summed E-state index contributed by atoms with van der Waals surface area (Å²) < 4.78 is 37.1. The molecule has 1 atom stereocenters. The third-order valence-electron chi connectivity index (χ3n) is 3.84. The van der Waals surface area contributed by atoms with Gasteiger partial charge in [-0.25, -0.2) is 4.98 Å². The number of pyridine rings is 1. The highest BCUT2D eigenvalue weighted by atomic mass is 19.3. The molecule has 0 radical (unpaired) electrons. The molecule has 0 saturated carbocycles. The maximum Gasteiger partial charge on any atom is 0.326 e. The van der Waals surface area contributed by atoms with Crippen LogP contribution >= 0.6 is 0 Å². The Labute approximate surface area is 141 Å². The summed E-state index contributed by atoms with van der Waals surface area (Å²) in [4.78, 5) is 26.8. The molecule has 1 aliphatic rings. The second-order valence-electron chi connectivity index (χ2n) is 5.63. The molecule has 132 valence electrons. The Bertz CT molecular complexity index is 857. The molecule has 25 heavy (non-hydrogen) atoms. The van der Waals surface area contributed by atoms with Gasteiger partial charge >= 0.3 is 5.92 Å². The number of nitrogens with zero attached hydrogens (tertiary/aromatic N) is 1. The summed E-state index contributed by atoms with van der Waals surface area (Å²) in [5.74, 6) is -5.02. The first-order valence-electron chi connectivity index (χ1n) is 7.41. The topological polar surface area (TPSA) is 104 Å². The normalized spacial score (nSPS) is 18.8. The monoisotopic (exact) mass is 351 g/mol. The average molecular weight is 351 g/mol. The van der Waals surface area contributed by atoms with Gasteiger partial charge in [0.15, 0.2) is 0 Å². The van der Waals surface area contributed by atoms with Crippen LogP contribution in [0, 0.1) is 0 Å². The Hall–Kier alpha value is -2.97. The molecule has 1 aromatic carbocycles. The first-order valence-corrected chi connectivity index (χ1v) is 7.41. The Balaban J connectivity index is 1.87. The number of alkyl halides is 2. The van der Waals surface area contributed by atoms with Crippen LogP contribution in [0.15, 0.2) is 24.3 Å². The van der Waals surface area contributed by atoms with Crippen molar-refractivity contribution in [2.75, 3.05) is 13.7 Å². The van der Waals surface area contributed by atoms with Crippen LogP contribution < -0.4 is 20.5 Å². The van der Waals surface area contributed by atoms with Gasteiger partial charge in [-0.1, -0.05) is 12.1 Å². The van der Waals surface area contributed by atoms with Crippen molar-refractivity contribution < 1.29 is 27.8 Å². The van der Waals surface area contributed by atoms with Gasteiger partial charge in [0.25, 0.3) is 11.8 Å². The van der Waals surface area contributed by atoms with E-state index >= 15 is 0 Å². The van der Waals surface area contributed by atoms with Gasteiger partial charge in [0.1, 0.15) is 23.4 Å². The van der Waals surface area contributed by atoms with E-state index in [-0.39, 0.29) is 18.1 Å². The van der Waals surface area contributed by atoms with Crippen molar-refractivity contribution in [2.45, 2.75) is 18.4 Å². The standard InChI is InChI=1S/C16H15F2N3O4/c1-24-14-10(13(19)22)5-8-3-2-4-11(12(8)21-14)25-7-9-6-16(17,18)15(23)20-9/h2-5,9H,6-7H2,1H3,(H2,19,22)(H,20,23). The first kappa shape index (κ1) is 16.9. The second kappa shape index (κ2) is 6.15. The number of benzene rings is 1. The molecule has 9 heteroatoms. The smallest absolute Gasteiger partial charge is 0.326 e. The fourth-order valence-corrected chi connectivity index (χ4v) is 2.64. The molecule has 3 rings (SSSR count). The lowest BCUT2D eigenvalue weighted by Gasteiger charge is -2.14. The quantitative estimate of drug-likeness (QED) is 0.844. The van der Waals surface area contributed by atoms with Crippen LogP contribution in [0.1, 0.15) is 16.8 Å². The lowest BCUT2D eigenvalue weighted by atomic mass is 10.1. The number of halogens is 2. The highest BCUT2D eigenvalue weighted by Gasteiger charge is 2.48. The van der Waals surface area contributed by atoms with Gasteiger partial charge in [-0.3, -0.25) is 9.59 Å². The van der Waals surface area contributed by atoms with E-state index in [1.165, 1.54) is 13.2 Å². The summed E-state index contributed by atoms with van der Waals surface area (Å²) in [6, 6.07) is 5.69. The van der Waals surface area contributed by atoms with Crippen LogP contribution in [-0.2, 0) is 4.79 Å². The summed E-state index contributed by atoms with van der Waals surface area (Å²) in [5, 5.41) is 2.77. The van der Waals surface area contributed by atoms with E-state index in [1.54, 1.807) is 18.2 Å². The molecule has 1 unspecified atom stereocenters. The molecular formula is C16H15F2N3O4. The van der Waals surface area contributed by atoms with Crippen molar-refractivity contribution in [1.82, 2.24) is 10.3 Å². The number of para-hydroxylation sites is 1. The molecule has 2 amide bonds. The van der Waals surface area contributed by atoms with E-state index in [4.69, 9.17) is 15.2 Å². The molecule has 7 nitrogen and oxygen atoms in total. The van der Waals surface area contributed by atoms with E-state index in [1.807, 2.05) is 0 Å². The van der Waals surface area contributed by atoms with Gasteiger partial charge in [-0.2, -0.15) is 8.78 Å². The Morgan fingerprint density at radius 1 is 1.48 bits per heavy atom. The van der Waals surface area contributed by atoms with Crippen molar-refractivity contribution in [3.63, 3.8) is 0 Å². The van der Waals surface area contributed by atoms with Crippen molar-refractivity contribution in [1.29, 1.82) is 0 Å². The predicted octanol–water partition coefficient (Wildman–Crippen LogP) is 1.24. The third-order valence-corrected chi connectivity index (χ3v) is 3.84. The van der Waals surface area contributed by atoms with Crippen LogP contribution in [-0.4, -0.2) is 42.5 Å². The maximum atomic E-state index is 13.2. The lowest BCUT2D eigenvalue weighted by Crippen LogP contribution is -2.33. The zero-order valence-corrected chi connectivity index (χ0v) is 13.2. The molecule has 1 aromatic heterocycles. The number of nitrogens with one attached hydrogen (secondary N) is 1. The lowest BCUT2D eigenvalue weighted by molar-refractivity contribution is -0.139. The van der Waals surface area contributed by atoms with E-state index in [0.717, 1.165) is 0 Å². The van der Waals surface area contributed by atoms with Gasteiger partial charge in [0.05, 0.1) is 13.2 Å². The number of fused-ring (bicyclic) bond motifs is 1. The van der Waals surface area contributed by atoms with Crippen molar-refractivity contribution in [2.24, 2.45) is 5.73 Å². The van der Waals surface area contributed by atoms with Gasteiger partial charge < -0.3 is 20.5 Å². The van der Waals surface area contributed by atoms with Crippen molar-refractivity contribution in [3.05, 3.63) is 29.8 Å². The number of hydrogen-bond donors (Lipinski definition) is 2. The zero-order chi connectivity index (χ0) is 18.2. The number of methoxy groups -OCH3 is 1. The van der Waals surface area contributed by atoms with Gasteiger partial charge in [0, 0.05) is 11.8 Å². The molecule has 1 aliphatic heterocycles. The summed E-state index contributed by atoms with van der Waals surface area (Å²) in [6.07, 6.45) is -0.626. The SMILES string of the molecule is COc1nc2c(OCC3CC(F)(F)C(=O)N3)cccc2cc1C(N)=O. The second-order valence-corrected chi connectivity index (χ2v) is 5.63. The van der Waals surface area contributed by atoms with E-state index in [2.05, 4.69) is 10.3 Å². The molecule has 0 spiro atoms. The fraction of sp³-hybridized carbons (Fsp3) is 0.312. The summed E-state index contributed by atoms with van der Waals surface area (Å²) in [7, 11) is 1.35. The van der Waals surface area contributed by atoms with Crippen LogP contribution in [0.2, 0.25) is 0 Å². The Morgan fingerprint density at radius 2 is 2.24 bits per heavy atom. The number of amides is 2. The third kappa shape index (κ3) is 3.17. The molecular weight excluding hydrogens is 336 g/mol. The number of aromatic nitrogens is 1. The van der Waals surface area contributed by atoms with Gasteiger partial charge in [-0.05, 0) is 12.1 Å². The summed E-state index contributed by atoms with van der Waals surface area (Å²) >= 11 is 0. The molecule has 0 bridgehead atoms. The number of nitrogens with two attached hydrogens (primary N) is 1. The van der Waals surface area contributed by atoms with E-state index in [0.29, 0.717) is 16.7 Å². The van der Waals surface area contributed by atoms with Crippen molar-refractivity contribution >= 4 is 22.7 Å². The number of carbonyl (C=O) groups is 2. The van der Waals surface area contributed by atoms with Gasteiger partial charge in [-0.15, -0.1) is 0 Å². The average Bonchev–Trinajstić information content (AvgIpc) is 2.83. The number of hydrogen-bond acceptors (Lipinski definition) is 5. The molecule has 0 aliphatic carbocycles. The minimum atomic E-state index is -3.38. The maximum absolute atomic E-state index is 13.2. The fourth-order valence-electron chi connectivity index (χ4n) is 2.64. The molecule has 2 aromatic rings. The van der Waals surface area contributed by atoms with Crippen LogP contribution in [0.3, 0.4) is 0 Å². The molecule has 2 heterocycles. The molecule has 1 saturated heterocycles. The van der Waals surface area contributed by atoms with E-state index < -0.39 is 30.2 Å². The minimum absolute atomic E-state index is 0.0387. The number of carbonyl (C=O) groups excluding carboxylic acids is 2. The number of rotatable bonds is 5. The highest BCUT2D eigenvalue weighted by molar-refractivity contribution is 5.99. The van der Waals surface area contributed by atoms with Crippen LogP contribution in [0.25, 0.3) is 10.9 Å². The summed E-state index contributed by atoms with van der Waals surface area (Å²) in [5.41, 5.74) is 5.81. The van der Waals surface area contributed by atoms with Gasteiger partial charge in [0.2, 0.25) is 5.88 Å². The molecule has 3 N–H and O–H groups in total. The number of ether oxygens (including phenoxy) is 2. The van der Waals surface area contributed by atoms with Crippen LogP contribution in [0.5, 0.6) is 11.6 Å². The largest absolute Gasteiger partial charge is 0.489 e.